The van der Waals surface area contributed by atoms with Gasteiger partial charge in [-0.15, -0.1) is 0 Å². The number of amides is 2. The Balaban J connectivity index is 1.13. The number of ether oxygens (including phenoxy) is 2. The maximum absolute atomic E-state index is 12.8. The molecule has 0 aromatic heterocycles. The van der Waals surface area contributed by atoms with Crippen molar-refractivity contribution in [1.29, 1.82) is 0 Å². The summed E-state index contributed by atoms with van der Waals surface area (Å²) >= 11 is 0. The van der Waals surface area contributed by atoms with E-state index in [-0.39, 0.29) is 43.0 Å². The van der Waals surface area contributed by atoms with Gasteiger partial charge in [-0.2, -0.15) is 0 Å². The number of alkyl carbamates (subject to hydrolysis) is 1. The minimum atomic E-state index is -0.970. The molecule has 1 heterocycles. The van der Waals surface area contributed by atoms with Gasteiger partial charge in [0.25, 0.3) is 0 Å². The van der Waals surface area contributed by atoms with Gasteiger partial charge in [-0.05, 0) is 47.9 Å². The molecule has 1 saturated heterocycles. The van der Waals surface area contributed by atoms with Gasteiger partial charge in [0.05, 0.1) is 12.0 Å². The quantitative estimate of drug-likeness (QED) is 0.562. The molecule has 8 heteroatoms. The van der Waals surface area contributed by atoms with Crippen molar-refractivity contribution >= 4 is 18.0 Å². The average molecular weight is 479 g/mol. The molecule has 0 spiro atoms. The van der Waals surface area contributed by atoms with E-state index in [1.807, 2.05) is 24.3 Å². The van der Waals surface area contributed by atoms with E-state index in [1.54, 1.807) is 0 Å². The highest BCUT2D eigenvalue weighted by molar-refractivity contribution is 5.81. The van der Waals surface area contributed by atoms with E-state index in [1.165, 1.54) is 11.1 Å². The Morgan fingerprint density at radius 3 is 2.29 bits per heavy atom. The van der Waals surface area contributed by atoms with Crippen LogP contribution in [-0.2, 0) is 19.1 Å². The van der Waals surface area contributed by atoms with Crippen molar-refractivity contribution in [3.63, 3.8) is 0 Å². The highest BCUT2D eigenvalue weighted by Crippen LogP contribution is 2.44. The summed E-state index contributed by atoms with van der Waals surface area (Å²) in [5.41, 5.74) is 4.65. The second-order valence-corrected chi connectivity index (χ2v) is 9.52. The molecule has 1 saturated carbocycles. The minimum Gasteiger partial charge on any atom is -0.479 e. The molecular weight excluding hydrogens is 448 g/mol. The number of carboxylic acids is 1. The summed E-state index contributed by atoms with van der Waals surface area (Å²) in [6.07, 6.45) is 1.68. The highest BCUT2D eigenvalue weighted by atomic mass is 16.5. The van der Waals surface area contributed by atoms with E-state index in [0.717, 1.165) is 17.5 Å². The number of carboxylic acid groups (broad SMARTS) is 1. The maximum Gasteiger partial charge on any atom is 0.407 e. The first-order valence-corrected chi connectivity index (χ1v) is 12.3. The Morgan fingerprint density at radius 1 is 0.943 bits per heavy atom. The molecule has 3 N–H and O–H groups in total. The van der Waals surface area contributed by atoms with E-state index in [2.05, 4.69) is 34.9 Å². The number of fused-ring (bicyclic) bond motifs is 3. The number of rotatable bonds is 7. The number of hydrogen-bond acceptors (Lipinski definition) is 5. The normalized spacial score (nSPS) is 25.0. The van der Waals surface area contributed by atoms with E-state index in [0.29, 0.717) is 25.7 Å². The molecule has 1 aliphatic heterocycles. The van der Waals surface area contributed by atoms with Crippen LogP contribution in [0.15, 0.2) is 48.5 Å². The number of aliphatic carboxylic acids is 1. The number of carbonyl (C=O) groups is 3. The van der Waals surface area contributed by atoms with Gasteiger partial charge in [0.1, 0.15) is 6.61 Å². The van der Waals surface area contributed by atoms with Crippen molar-refractivity contribution in [3.05, 3.63) is 59.7 Å². The SMILES string of the molecule is O=C(N[C@@H]1CCC[C@@H]1C(=O)NCC1CCC(C(=O)O)O1)OCC1c2ccccc2-c2ccccc21. The molecule has 184 valence electrons. The first-order chi connectivity index (χ1) is 17.0. The molecule has 2 amide bonds. The van der Waals surface area contributed by atoms with Crippen molar-refractivity contribution in [1.82, 2.24) is 10.6 Å². The Morgan fingerprint density at radius 2 is 1.63 bits per heavy atom. The van der Waals surface area contributed by atoms with Gasteiger partial charge in [0.15, 0.2) is 6.10 Å². The molecule has 2 aromatic carbocycles. The van der Waals surface area contributed by atoms with Crippen molar-refractivity contribution < 1.29 is 29.0 Å². The highest BCUT2D eigenvalue weighted by Gasteiger charge is 2.36. The summed E-state index contributed by atoms with van der Waals surface area (Å²) in [5.74, 6) is -1.47. The van der Waals surface area contributed by atoms with E-state index >= 15 is 0 Å². The van der Waals surface area contributed by atoms with Crippen molar-refractivity contribution in [2.45, 2.75) is 56.3 Å². The fraction of sp³-hybridized carbons (Fsp3) is 0.444. The monoisotopic (exact) mass is 478 g/mol. The van der Waals surface area contributed by atoms with Crippen molar-refractivity contribution in [3.8, 4) is 11.1 Å². The third kappa shape index (κ3) is 4.89. The topological polar surface area (TPSA) is 114 Å². The fourth-order valence-electron chi connectivity index (χ4n) is 5.62. The lowest BCUT2D eigenvalue weighted by Crippen LogP contribution is -2.45. The molecule has 35 heavy (non-hydrogen) atoms. The van der Waals surface area contributed by atoms with Gasteiger partial charge < -0.3 is 25.2 Å². The minimum absolute atomic E-state index is 0.0168. The van der Waals surface area contributed by atoms with Gasteiger partial charge in [-0.25, -0.2) is 9.59 Å². The summed E-state index contributed by atoms with van der Waals surface area (Å²) in [6.45, 7) is 0.504. The Kier molecular flexibility index (Phi) is 6.72. The predicted octanol–water partition coefficient (Wildman–Crippen LogP) is 3.44. The predicted molar refractivity (Wildman–Crippen MR) is 128 cm³/mol. The third-order valence-electron chi connectivity index (χ3n) is 7.39. The Labute approximate surface area is 204 Å². The first-order valence-electron chi connectivity index (χ1n) is 12.3. The second-order valence-electron chi connectivity index (χ2n) is 9.52. The molecule has 5 rings (SSSR count). The lowest BCUT2D eigenvalue weighted by Gasteiger charge is -2.22. The van der Waals surface area contributed by atoms with Gasteiger partial charge >= 0.3 is 12.1 Å². The van der Waals surface area contributed by atoms with Crippen LogP contribution in [0.2, 0.25) is 0 Å². The Bertz CT molecular complexity index is 1070. The molecule has 8 nitrogen and oxygen atoms in total. The van der Waals surface area contributed by atoms with Gasteiger partial charge in [0, 0.05) is 18.5 Å². The van der Waals surface area contributed by atoms with Crippen molar-refractivity contribution in [2.24, 2.45) is 5.92 Å². The van der Waals surface area contributed by atoms with Crippen LogP contribution >= 0.6 is 0 Å². The van der Waals surface area contributed by atoms with Crippen LogP contribution in [0.3, 0.4) is 0 Å². The van der Waals surface area contributed by atoms with Crippen LogP contribution in [0.25, 0.3) is 11.1 Å². The summed E-state index contributed by atoms with van der Waals surface area (Å²) in [6, 6.07) is 16.1. The van der Waals surface area contributed by atoms with E-state index in [9.17, 15) is 14.4 Å². The van der Waals surface area contributed by atoms with Crippen LogP contribution in [0.1, 0.15) is 49.1 Å². The standard InChI is InChI=1S/C27H30N2O6/c30-25(28-14-16-12-13-24(35-16)26(31)32)21-10-5-11-23(21)29-27(33)34-15-22-19-8-3-1-6-17(19)18-7-2-4-9-20(18)22/h1-4,6-9,16,21-24H,5,10-15H2,(H,28,30)(H,29,33)(H,31,32)/t16?,21-,23+,24?/m0/s1. The molecule has 2 fully saturated rings. The largest absolute Gasteiger partial charge is 0.479 e. The zero-order valence-electron chi connectivity index (χ0n) is 19.4. The van der Waals surface area contributed by atoms with Crippen molar-refractivity contribution in [2.75, 3.05) is 13.2 Å². The van der Waals surface area contributed by atoms with Crippen LogP contribution < -0.4 is 10.6 Å². The van der Waals surface area contributed by atoms with Gasteiger partial charge in [-0.3, -0.25) is 4.79 Å². The lowest BCUT2D eigenvalue weighted by atomic mass is 9.98. The zero-order chi connectivity index (χ0) is 24.4. The molecule has 2 aromatic rings. The molecule has 3 aliphatic rings. The molecule has 4 atom stereocenters. The number of carbonyl (C=O) groups excluding carboxylic acids is 2. The molecular formula is C27H30N2O6. The van der Waals surface area contributed by atoms with Crippen LogP contribution in [-0.4, -0.2) is 54.5 Å². The Hall–Kier alpha value is -3.39. The molecule has 0 bridgehead atoms. The van der Waals surface area contributed by atoms with Crippen LogP contribution in [0, 0.1) is 5.92 Å². The second kappa shape index (κ2) is 10.1. The lowest BCUT2D eigenvalue weighted by molar-refractivity contribution is -0.149. The van der Waals surface area contributed by atoms with Crippen LogP contribution in [0.4, 0.5) is 4.79 Å². The maximum atomic E-state index is 12.8. The number of hydrogen-bond donors (Lipinski definition) is 3. The fourth-order valence-corrected chi connectivity index (χ4v) is 5.62. The van der Waals surface area contributed by atoms with Gasteiger partial charge in [0.2, 0.25) is 5.91 Å². The number of nitrogens with one attached hydrogen (secondary N) is 2. The summed E-state index contributed by atoms with van der Waals surface area (Å²) < 4.78 is 11.1. The smallest absolute Gasteiger partial charge is 0.407 e. The summed E-state index contributed by atoms with van der Waals surface area (Å²) in [7, 11) is 0. The van der Waals surface area contributed by atoms with E-state index in [4.69, 9.17) is 14.6 Å². The molecule has 2 unspecified atom stereocenters. The summed E-state index contributed by atoms with van der Waals surface area (Å²) in [4.78, 5) is 36.5. The molecule has 0 radical (unpaired) electrons. The molecule has 2 aliphatic carbocycles. The first kappa shape index (κ1) is 23.4. The summed E-state index contributed by atoms with van der Waals surface area (Å²) in [5, 5.41) is 14.8. The number of benzene rings is 2. The van der Waals surface area contributed by atoms with E-state index < -0.39 is 18.2 Å². The zero-order valence-corrected chi connectivity index (χ0v) is 19.4. The van der Waals surface area contributed by atoms with Crippen LogP contribution in [0.5, 0.6) is 0 Å². The average Bonchev–Trinajstić information content (AvgIpc) is 3.59. The van der Waals surface area contributed by atoms with Gasteiger partial charge in [-0.1, -0.05) is 55.0 Å². The third-order valence-corrected chi connectivity index (χ3v) is 7.39.